The zero-order valence-corrected chi connectivity index (χ0v) is 15.3. The molecule has 6 nitrogen and oxygen atoms in total. The zero-order valence-electron chi connectivity index (χ0n) is 14.5. The molecule has 0 aromatic heterocycles. The first kappa shape index (κ1) is 18.2. The Labute approximate surface area is 157 Å². The van der Waals surface area contributed by atoms with E-state index in [4.69, 9.17) is 26.2 Å². The van der Waals surface area contributed by atoms with Gasteiger partial charge in [-0.3, -0.25) is 0 Å². The highest BCUT2D eigenvalue weighted by molar-refractivity contribution is 6.32. The number of piperazine rings is 1. The second-order valence-corrected chi connectivity index (χ2v) is 6.39. The molecule has 2 aromatic carbocycles. The maximum atomic E-state index is 11.1. The number of methoxy groups -OCH3 is 1. The minimum absolute atomic E-state index is 0.385. The molecule has 138 valence electrons. The molecule has 1 aliphatic rings. The van der Waals surface area contributed by atoms with Crippen LogP contribution in [0.4, 0.5) is 10.5 Å². The Balaban J connectivity index is 1.72. The molecule has 2 aromatic rings. The molecule has 1 fully saturated rings. The highest BCUT2D eigenvalue weighted by atomic mass is 35.5. The van der Waals surface area contributed by atoms with Crippen molar-refractivity contribution in [3.8, 4) is 11.5 Å². The Morgan fingerprint density at radius 2 is 1.81 bits per heavy atom. The molecule has 3 rings (SSSR count). The largest absolute Gasteiger partial charge is 0.497 e. The summed E-state index contributed by atoms with van der Waals surface area (Å²) in [5.74, 6) is 1.41. The Morgan fingerprint density at radius 3 is 2.42 bits per heavy atom. The van der Waals surface area contributed by atoms with Gasteiger partial charge in [0.25, 0.3) is 0 Å². The van der Waals surface area contributed by atoms with Crippen molar-refractivity contribution in [3.05, 3.63) is 53.1 Å². The summed E-state index contributed by atoms with van der Waals surface area (Å²) in [7, 11) is 1.63. The van der Waals surface area contributed by atoms with E-state index in [1.807, 2.05) is 36.4 Å². The number of halogens is 1. The number of benzene rings is 2. The van der Waals surface area contributed by atoms with Crippen molar-refractivity contribution in [2.24, 2.45) is 0 Å². The number of ether oxygens (including phenoxy) is 2. The van der Waals surface area contributed by atoms with Gasteiger partial charge in [0, 0.05) is 26.2 Å². The van der Waals surface area contributed by atoms with Crippen molar-refractivity contribution in [1.29, 1.82) is 0 Å². The van der Waals surface area contributed by atoms with Crippen molar-refractivity contribution in [3.63, 3.8) is 0 Å². The third-order valence-electron chi connectivity index (χ3n) is 4.38. The third-order valence-corrected chi connectivity index (χ3v) is 4.68. The third kappa shape index (κ3) is 4.14. The highest BCUT2D eigenvalue weighted by Gasteiger charge is 2.23. The summed E-state index contributed by atoms with van der Waals surface area (Å²) >= 11 is 6.37. The van der Waals surface area contributed by atoms with Crippen molar-refractivity contribution >= 4 is 23.4 Å². The maximum Gasteiger partial charge on any atom is 0.407 e. The number of hydrogen-bond donors (Lipinski definition) is 1. The van der Waals surface area contributed by atoms with E-state index in [9.17, 15) is 4.79 Å². The standard InChI is InChI=1S/C19H21ClN2O4/c1-25-15-7-5-14(6-8-15)13-26-18-16(20)3-2-4-17(18)21-9-11-22(12-10-21)19(23)24/h2-8H,9-13H2,1H3,(H,23,24). The molecular weight excluding hydrogens is 356 g/mol. The summed E-state index contributed by atoms with van der Waals surface area (Å²) in [5.41, 5.74) is 1.89. The minimum atomic E-state index is -0.883. The first-order chi connectivity index (χ1) is 12.6. The molecule has 1 heterocycles. The SMILES string of the molecule is COc1ccc(COc2c(Cl)cccc2N2CCN(C(=O)O)CC2)cc1. The summed E-state index contributed by atoms with van der Waals surface area (Å²) < 4.78 is 11.2. The Morgan fingerprint density at radius 1 is 1.12 bits per heavy atom. The molecule has 26 heavy (non-hydrogen) atoms. The van der Waals surface area contributed by atoms with Crippen LogP contribution < -0.4 is 14.4 Å². The average molecular weight is 377 g/mol. The fourth-order valence-corrected chi connectivity index (χ4v) is 3.13. The van der Waals surface area contributed by atoms with Crippen molar-refractivity contribution < 1.29 is 19.4 Å². The van der Waals surface area contributed by atoms with Gasteiger partial charge in [-0.1, -0.05) is 29.8 Å². The van der Waals surface area contributed by atoms with Crippen LogP contribution in [0.2, 0.25) is 5.02 Å². The van der Waals surface area contributed by atoms with Crippen LogP contribution in [-0.4, -0.2) is 49.4 Å². The number of carboxylic acid groups (broad SMARTS) is 1. The molecule has 1 amide bonds. The lowest BCUT2D eigenvalue weighted by Gasteiger charge is -2.35. The van der Waals surface area contributed by atoms with E-state index < -0.39 is 6.09 Å². The van der Waals surface area contributed by atoms with Gasteiger partial charge >= 0.3 is 6.09 Å². The Hall–Kier alpha value is -2.60. The van der Waals surface area contributed by atoms with Crippen LogP contribution in [0.5, 0.6) is 11.5 Å². The van der Waals surface area contributed by atoms with E-state index in [1.165, 1.54) is 4.90 Å². The van der Waals surface area contributed by atoms with E-state index in [1.54, 1.807) is 13.2 Å². The van der Waals surface area contributed by atoms with E-state index in [0.29, 0.717) is 43.6 Å². The van der Waals surface area contributed by atoms with E-state index >= 15 is 0 Å². The van der Waals surface area contributed by atoms with E-state index in [-0.39, 0.29) is 0 Å². The number of amides is 1. The van der Waals surface area contributed by atoms with Gasteiger partial charge in [-0.15, -0.1) is 0 Å². The quantitative estimate of drug-likeness (QED) is 0.861. The molecule has 0 unspecified atom stereocenters. The Bertz CT molecular complexity index is 759. The van der Waals surface area contributed by atoms with Gasteiger partial charge < -0.3 is 24.4 Å². The zero-order chi connectivity index (χ0) is 18.5. The van der Waals surface area contributed by atoms with Crippen molar-refractivity contribution in [2.75, 3.05) is 38.2 Å². The number of nitrogens with zero attached hydrogens (tertiary/aromatic N) is 2. The Kier molecular flexibility index (Phi) is 5.73. The van der Waals surface area contributed by atoms with Gasteiger partial charge in [0.2, 0.25) is 0 Å². The van der Waals surface area contributed by atoms with Gasteiger partial charge in [0.1, 0.15) is 12.4 Å². The molecule has 1 saturated heterocycles. The minimum Gasteiger partial charge on any atom is -0.497 e. The van der Waals surface area contributed by atoms with Gasteiger partial charge in [0.05, 0.1) is 17.8 Å². The predicted octanol–water partition coefficient (Wildman–Crippen LogP) is 3.73. The number of hydrogen-bond acceptors (Lipinski definition) is 4. The summed E-state index contributed by atoms with van der Waals surface area (Å²) in [6.07, 6.45) is -0.883. The van der Waals surface area contributed by atoms with Gasteiger partial charge in [0.15, 0.2) is 5.75 Å². The van der Waals surface area contributed by atoms with Crippen LogP contribution in [0.15, 0.2) is 42.5 Å². The lowest BCUT2D eigenvalue weighted by molar-refractivity contribution is 0.142. The second-order valence-electron chi connectivity index (χ2n) is 5.98. The van der Waals surface area contributed by atoms with Crippen molar-refractivity contribution in [1.82, 2.24) is 4.90 Å². The summed E-state index contributed by atoms with van der Waals surface area (Å²) in [5, 5.41) is 9.63. The fraction of sp³-hybridized carbons (Fsp3) is 0.316. The molecule has 0 aliphatic carbocycles. The molecule has 1 aliphatic heterocycles. The molecule has 7 heteroatoms. The fourth-order valence-electron chi connectivity index (χ4n) is 2.91. The number of rotatable bonds is 5. The molecule has 1 N–H and O–H groups in total. The summed E-state index contributed by atoms with van der Waals surface area (Å²) in [6.45, 7) is 2.51. The summed E-state index contributed by atoms with van der Waals surface area (Å²) in [4.78, 5) is 14.6. The highest BCUT2D eigenvalue weighted by Crippen LogP contribution is 2.36. The molecule has 0 radical (unpaired) electrons. The average Bonchev–Trinajstić information content (AvgIpc) is 2.67. The van der Waals surface area contributed by atoms with Crippen LogP contribution in [0.25, 0.3) is 0 Å². The first-order valence-corrected chi connectivity index (χ1v) is 8.73. The monoisotopic (exact) mass is 376 g/mol. The van der Waals surface area contributed by atoms with Gasteiger partial charge in [-0.25, -0.2) is 4.79 Å². The molecule has 0 bridgehead atoms. The smallest absolute Gasteiger partial charge is 0.407 e. The maximum absolute atomic E-state index is 11.1. The van der Waals surface area contributed by atoms with Gasteiger partial charge in [-0.05, 0) is 29.8 Å². The van der Waals surface area contributed by atoms with E-state index in [0.717, 1.165) is 17.0 Å². The number of para-hydroxylation sites is 1. The lowest BCUT2D eigenvalue weighted by atomic mass is 10.2. The van der Waals surface area contributed by atoms with Crippen LogP contribution in [0, 0.1) is 0 Å². The van der Waals surface area contributed by atoms with Gasteiger partial charge in [-0.2, -0.15) is 0 Å². The topological polar surface area (TPSA) is 62.2 Å². The van der Waals surface area contributed by atoms with Crippen LogP contribution in [0.1, 0.15) is 5.56 Å². The van der Waals surface area contributed by atoms with Crippen LogP contribution in [0.3, 0.4) is 0 Å². The molecule has 0 saturated carbocycles. The predicted molar refractivity (Wildman–Crippen MR) is 101 cm³/mol. The molecular formula is C19H21ClN2O4. The normalized spacial score (nSPS) is 14.2. The lowest BCUT2D eigenvalue weighted by Crippen LogP contribution is -2.48. The molecule has 0 atom stereocenters. The van der Waals surface area contributed by atoms with E-state index in [2.05, 4.69) is 4.90 Å². The van der Waals surface area contributed by atoms with Crippen molar-refractivity contribution in [2.45, 2.75) is 6.61 Å². The van der Waals surface area contributed by atoms with Crippen LogP contribution >= 0.6 is 11.6 Å². The first-order valence-electron chi connectivity index (χ1n) is 8.35. The molecule has 0 spiro atoms. The van der Waals surface area contributed by atoms with Crippen LogP contribution in [-0.2, 0) is 6.61 Å². The second kappa shape index (κ2) is 8.19. The number of carbonyl (C=O) groups is 1. The summed E-state index contributed by atoms with van der Waals surface area (Å²) in [6, 6.07) is 13.3. The number of anilines is 1.